The Morgan fingerprint density at radius 1 is 1.04 bits per heavy atom. The van der Waals surface area contributed by atoms with Crippen molar-refractivity contribution in [2.24, 2.45) is 0 Å². The number of carbonyl (C=O) groups excluding carboxylic acids is 3. The summed E-state index contributed by atoms with van der Waals surface area (Å²) >= 11 is 0. The third kappa shape index (κ3) is 2.93. The maximum Gasteiger partial charge on any atom is 0.262 e. The van der Waals surface area contributed by atoms with Gasteiger partial charge in [0.1, 0.15) is 6.54 Å². The molecule has 4 rings (SSSR count). The van der Waals surface area contributed by atoms with Gasteiger partial charge in [-0.15, -0.1) is 0 Å². The minimum absolute atomic E-state index is 0.0392. The molecule has 0 bridgehead atoms. The average molecular weight is 362 g/mol. The molecule has 2 unspecified atom stereocenters. The summed E-state index contributed by atoms with van der Waals surface area (Å²) in [7, 11) is 0. The van der Waals surface area contributed by atoms with E-state index in [1.54, 1.807) is 17.0 Å². The standard InChI is InChI=1S/C22H22N2O3/c1-14-8-9-18-19(12-14)22(27)24(21(18)26)13-20(25)23-11-10-17(15(23)2)16-6-4-3-5-7-16/h3-9,12,15,17H,10-11,13H2,1-2H3. The van der Waals surface area contributed by atoms with Crippen LogP contribution in [0.1, 0.15) is 51.1 Å². The van der Waals surface area contributed by atoms with Crippen molar-refractivity contribution in [2.45, 2.75) is 32.2 Å². The Balaban J connectivity index is 1.49. The smallest absolute Gasteiger partial charge is 0.262 e. The molecule has 0 radical (unpaired) electrons. The second-order valence-electron chi connectivity index (χ2n) is 7.38. The van der Waals surface area contributed by atoms with Crippen molar-refractivity contribution < 1.29 is 14.4 Å². The highest BCUT2D eigenvalue weighted by atomic mass is 16.2. The van der Waals surface area contributed by atoms with Gasteiger partial charge in [-0.1, -0.05) is 42.0 Å². The molecule has 2 aliphatic heterocycles. The molecule has 2 aliphatic rings. The van der Waals surface area contributed by atoms with Gasteiger partial charge < -0.3 is 4.90 Å². The van der Waals surface area contributed by atoms with Crippen molar-refractivity contribution in [2.75, 3.05) is 13.1 Å². The van der Waals surface area contributed by atoms with Crippen LogP contribution in [0.2, 0.25) is 0 Å². The van der Waals surface area contributed by atoms with E-state index in [-0.39, 0.29) is 36.2 Å². The summed E-state index contributed by atoms with van der Waals surface area (Å²) in [6, 6.07) is 15.4. The topological polar surface area (TPSA) is 57.7 Å². The molecule has 0 aromatic heterocycles. The van der Waals surface area contributed by atoms with Gasteiger partial charge in [0, 0.05) is 18.5 Å². The van der Waals surface area contributed by atoms with Crippen LogP contribution in [-0.4, -0.2) is 46.7 Å². The van der Waals surface area contributed by atoms with Crippen molar-refractivity contribution in [3.05, 3.63) is 70.8 Å². The number of likely N-dealkylation sites (tertiary alicyclic amines) is 1. The Morgan fingerprint density at radius 3 is 2.48 bits per heavy atom. The molecule has 2 atom stereocenters. The van der Waals surface area contributed by atoms with E-state index in [1.165, 1.54) is 5.56 Å². The number of rotatable bonds is 3. The summed E-state index contributed by atoms with van der Waals surface area (Å²) in [5, 5.41) is 0. The summed E-state index contributed by atoms with van der Waals surface area (Å²) < 4.78 is 0. The van der Waals surface area contributed by atoms with Gasteiger partial charge in [-0.3, -0.25) is 19.3 Å². The zero-order valence-corrected chi connectivity index (χ0v) is 15.5. The summed E-state index contributed by atoms with van der Waals surface area (Å²) in [6.45, 7) is 4.36. The number of imide groups is 1. The maximum absolute atomic E-state index is 12.9. The maximum atomic E-state index is 12.9. The van der Waals surface area contributed by atoms with E-state index in [1.807, 2.05) is 38.1 Å². The van der Waals surface area contributed by atoms with E-state index < -0.39 is 0 Å². The molecular weight excluding hydrogens is 340 g/mol. The van der Waals surface area contributed by atoms with Crippen LogP contribution in [0.15, 0.2) is 48.5 Å². The van der Waals surface area contributed by atoms with Crippen molar-refractivity contribution in [1.29, 1.82) is 0 Å². The van der Waals surface area contributed by atoms with Gasteiger partial charge in [-0.05, 0) is 38.0 Å². The molecule has 2 aromatic rings. The second-order valence-corrected chi connectivity index (χ2v) is 7.38. The summed E-state index contributed by atoms with van der Waals surface area (Å²) in [6.07, 6.45) is 0.887. The minimum atomic E-state index is -0.380. The van der Waals surface area contributed by atoms with Crippen LogP contribution >= 0.6 is 0 Å². The summed E-state index contributed by atoms with van der Waals surface area (Å²) in [4.78, 5) is 40.9. The molecule has 27 heavy (non-hydrogen) atoms. The molecule has 5 heteroatoms. The normalized spacial score (nSPS) is 21.7. The number of hydrogen-bond donors (Lipinski definition) is 0. The number of amides is 3. The Bertz CT molecular complexity index is 922. The van der Waals surface area contributed by atoms with E-state index in [0.29, 0.717) is 17.7 Å². The first-order valence-corrected chi connectivity index (χ1v) is 9.28. The lowest BCUT2D eigenvalue weighted by molar-refractivity contribution is -0.132. The van der Waals surface area contributed by atoms with Crippen LogP contribution in [0.4, 0.5) is 0 Å². The third-order valence-corrected chi connectivity index (χ3v) is 5.72. The van der Waals surface area contributed by atoms with E-state index in [9.17, 15) is 14.4 Å². The van der Waals surface area contributed by atoms with Gasteiger partial charge in [0.25, 0.3) is 11.8 Å². The van der Waals surface area contributed by atoms with Crippen molar-refractivity contribution in [3.63, 3.8) is 0 Å². The number of hydrogen-bond acceptors (Lipinski definition) is 3. The first-order valence-electron chi connectivity index (χ1n) is 9.28. The van der Waals surface area contributed by atoms with Gasteiger partial charge in [0.2, 0.25) is 5.91 Å². The van der Waals surface area contributed by atoms with Crippen molar-refractivity contribution in [3.8, 4) is 0 Å². The number of aryl methyl sites for hydroxylation is 1. The van der Waals surface area contributed by atoms with Crippen LogP contribution in [0.25, 0.3) is 0 Å². The van der Waals surface area contributed by atoms with E-state index in [4.69, 9.17) is 0 Å². The number of carbonyl (C=O) groups is 3. The molecule has 1 fully saturated rings. The Labute approximate surface area is 158 Å². The SMILES string of the molecule is Cc1ccc2c(c1)C(=O)N(CC(=O)N1CCC(c3ccccc3)C1C)C2=O. The first-order chi connectivity index (χ1) is 13.0. The van der Waals surface area contributed by atoms with Crippen LogP contribution in [0.3, 0.4) is 0 Å². The molecule has 0 N–H and O–H groups in total. The zero-order valence-electron chi connectivity index (χ0n) is 15.5. The number of benzene rings is 2. The molecule has 2 heterocycles. The fourth-order valence-corrected chi connectivity index (χ4v) is 4.21. The second kappa shape index (κ2) is 6.65. The van der Waals surface area contributed by atoms with Gasteiger partial charge in [-0.25, -0.2) is 0 Å². The van der Waals surface area contributed by atoms with Crippen LogP contribution < -0.4 is 0 Å². The molecule has 0 aliphatic carbocycles. The van der Waals surface area contributed by atoms with Gasteiger partial charge >= 0.3 is 0 Å². The van der Waals surface area contributed by atoms with Crippen molar-refractivity contribution >= 4 is 17.7 Å². The lowest BCUT2D eigenvalue weighted by atomic mass is 9.93. The lowest BCUT2D eigenvalue weighted by Gasteiger charge is -2.26. The average Bonchev–Trinajstić information content (AvgIpc) is 3.16. The Kier molecular flexibility index (Phi) is 4.30. The van der Waals surface area contributed by atoms with Gasteiger partial charge in [-0.2, -0.15) is 0 Å². The van der Waals surface area contributed by atoms with Crippen molar-refractivity contribution in [1.82, 2.24) is 9.80 Å². The molecule has 0 saturated carbocycles. The number of nitrogens with zero attached hydrogens (tertiary/aromatic N) is 2. The fraction of sp³-hybridized carbons (Fsp3) is 0.318. The fourth-order valence-electron chi connectivity index (χ4n) is 4.21. The van der Waals surface area contributed by atoms with Crippen LogP contribution in [0, 0.1) is 6.92 Å². The van der Waals surface area contributed by atoms with E-state index in [2.05, 4.69) is 12.1 Å². The molecule has 5 nitrogen and oxygen atoms in total. The molecule has 2 aromatic carbocycles. The zero-order chi connectivity index (χ0) is 19.1. The van der Waals surface area contributed by atoms with Gasteiger partial charge in [0.15, 0.2) is 0 Å². The first kappa shape index (κ1) is 17.5. The molecule has 138 valence electrons. The highest BCUT2D eigenvalue weighted by Crippen LogP contribution is 2.33. The minimum Gasteiger partial charge on any atom is -0.338 e. The Morgan fingerprint density at radius 2 is 1.74 bits per heavy atom. The summed E-state index contributed by atoms with van der Waals surface area (Å²) in [5.74, 6) is -0.652. The molecule has 0 spiro atoms. The van der Waals surface area contributed by atoms with Gasteiger partial charge in [0.05, 0.1) is 11.1 Å². The quantitative estimate of drug-likeness (QED) is 0.789. The highest BCUT2D eigenvalue weighted by Gasteiger charge is 2.40. The monoisotopic (exact) mass is 362 g/mol. The molecule has 3 amide bonds. The van der Waals surface area contributed by atoms with E-state index >= 15 is 0 Å². The predicted molar refractivity (Wildman–Crippen MR) is 102 cm³/mol. The largest absolute Gasteiger partial charge is 0.338 e. The third-order valence-electron chi connectivity index (χ3n) is 5.72. The highest BCUT2D eigenvalue weighted by molar-refractivity contribution is 6.22. The summed E-state index contributed by atoms with van der Waals surface area (Å²) in [5.41, 5.74) is 2.91. The van der Waals surface area contributed by atoms with Crippen LogP contribution in [0.5, 0.6) is 0 Å². The predicted octanol–water partition coefficient (Wildman–Crippen LogP) is 3.00. The Hall–Kier alpha value is -2.95. The lowest BCUT2D eigenvalue weighted by Crippen LogP contribution is -2.44. The molecular formula is C22H22N2O3. The van der Waals surface area contributed by atoms with Crippen LogP contribution in [-0.2, 0) is 4.79 Å². The molecule has 1 saturated heterocycles. The number of fused-ring (bicyclic) bond motifs is 1. The van der Waals surface area contributed by atoms with E-state index in [0.717, 1.165) is 16.9 Å².